The van der Waals surface area contributed by atoms with Crippen LogP contribution in [0.3, 0.4) is 0 Å². The van der Waals surface area contributed by atoms with Crippen molar-refractivity contribution in [3.63, 3.8) is 0 Å². The van der Waals surface area contributed by atoms with Crippen LogP contribution in [0.25, 0.3) is 0 Å². The third-order valence-corrected chi connectivity index (χ3v) is 5.05. The molecule has 0 saturated carbocycles. The van der Waals surface area contributed by atoms with Gasteiger partial charge in [0.2, 0.25) is 0 Å². The summed E-state index contributed by atoms with van der Waals surface area (Å²) in [6, 6.07) is 0. The van der Waals surface area contributed by atoms with Crippen LogP contribution in [0, 0.1) is 0 Å². The minimum absolute atomic E-state index is 0.183. The number of ether oxygens (including phenoxy) is 5. The molecule has 0 N–H and O–H groups in total. The zero-order valence-corrected chi connectivity index (χ0v) is 19.3. The zero-order valence-electron chi connectivity index (χ0n) is 19.3. The minimum atomic E-state index is -1.87. The number of unbranched alkanes of at least 4 members (excludes halogenated alkanes) is 4. The SMILES string of the molecule is CCCCOC[C@H]1OC(=C(F)F)[C@H](OCCCC)[C@@H](OCCCC)[C@H]1OCCCC. The van der Waals surface area contributed by atoms with E-state index in [1.54, 1.807) is 0 Å². The van der Waals surface area contributed by atoms with Crippen molar-refractivity contribution in [2.45, 2.75) is 103 Å². The molecule has 0 aliphatic carbocycles. The lowest BCUT2D eigenvalue weighted by molar-refractivity contribution is -0.217. The maximum atomic E-state index is 13.8. The second-order valence-electron chi connectivity index (χ2n) is 7.73. The molecular formula is C23H42F2O5. The van der Waals surface area contributed by atoms with Crippen molar-refractivity contribution in [1.29, 1.82) is 0 Å². The van der Waals surface area contributed by atoms with E-state index in [1.165, 1.54) is 0 Å². The predicted molar refractivity (Wildman–Crippen MR) is 114 cm³/mol. The lowest BCUT2D eigenvalue weighted by Crippen LogP contribution is -2.57. The Labute approximate surface area is 181 Å². The maximum absolute atomic E-state index is 13.8. The smallest absolute Gasteiger partial charge is 0.310 e. The molecule has 0 unspecified atom stereocenters. The molecule has 0 radical (unpaired) electrons. The van der Waals surface area contributed by atoms with Crippen LogP contribution in [0.1, 0.15) is 79.1 Å². The molecule has 4 atom stereocenters. The summed E-state index contributed by atoms with van der Waals surface area (Å²) in [6.45, 7) is 10.3. The van der Waals surface area contributed by atoms with Gasteiger partial charge in [-0.25, -0.2) is 0 Å². The van der Waals surface area contributed by atoms with Crippen molar-refractivity contribution in [1.82, 2.24) is 0 Å². The van der Waals surface area contributed by atoms with Crippen molar-refractivity contribution in [3.8, 4) is 0 Å². The summed E-state index contributed by atoms with van der Waals surface area (Å²) in [6.07, 6.45) is 2.58. The van der Waals surface area contributed by atoms with Gasteiger partial charge in [0, 0.05) is 26.4 Å². The molecule has 30 heavy (non-hydrogen) atoms. The van der Waals surface area contributed by atoms with E-state index in [0.29, 0.717) is 26.4 Å². The van der Waals surface area contributed by atoms with Gasteiger partial charge in [-0.3, -0.25) is 0 Å². The van der Waals surface area contributed by atoms with Gasteiger partial charge in [0.15, 0.2) is 11.9 Å². The van der Waals surface area contributed by atoms with Gasteiger partial charge in [-0.1, -0.05) is 53.4 Å². The van der Waals surface area contributed by atoms with Crippen molar-refractivity contribution in [2.75, 3.05) is 33.0 Å². The predicted octanol–water partition coefficient (Wildman–Crippen LogP) is 5.87. The van der Waals surface area contributed by atoms with E-state index in [9.17, 15) is 8.78 Å². The number of hydrogen-bond acceptors (Lipinski definition) is 5. The molecule has 1 aliphatic heterocycles. The highest BCUT2D eigenvalue weighted by Gasteiger charge is 2.48. The summed E-state index contributed by atoms with van der Waals surface area (Å²) in [5, 5.41) is 0. The third-order valence-electron chi connectivity index (χ3n) is 5.05. The van der Waals surface area contributed by atoms with Gasteiger partial charge in [-0.05, 0) is 25.7 Å². The van der Waals surface area contributed by atoms with Crippen molar-refractivity contribution in [3.05, 3.63) is 11.8 Å². The Hall–Kier alpha value is -0.760. The molecule has 0 amide bonds. The van der Waals surface area contributed by atoms with Crippen LogP contribution in [0.2, 0.25) is 0 Å². The molecule has 5 nitrogen and oxygen atoms in total. The van der Waals surface area contributed by atoms with Gasteiger partial charge < -0.3 is 23.7 Å². The Bertz CT molecular complexity index is 457. The first-order valence-corrected chi connectivity index (χ1v) is 11.7. The quantitative estimate of drug-likeness (QED) is 0.267. The first-order valence-electron chi connectivity index (χ1n) is 11.7. The topological polar surface area (TPSA) is 46.2 Å². The third kappa shape index (κ3) is 9.58. The number of hydrogen-bond donors (Lipinski definition) is 0. The average molecular weight is 437 g/mol. The summed E-state index contributed by atoms with van der Waals surface area (Å²) in [5.41, 5.74) is 0. The number of halogens is 2. The van der Waals surface area contributed by atoms with Crippen LogP contribution < -0.4 is 0 Å². The molecule has 0 aromatic carbocycles. The fourth-order valence-corrected chi connectivity index (χ4v) is 3.19. The van der Waals surface area contributed by atoms with E-state index in [4.69, 9.17) is 23.7 Å². The molecule has 1 fully saturated rings. The highest BCUT2D eigenvalue weighted by Crippen LogP contribution is 2.34. The largest absolute Gasteiger partial charge is 0.481 e. The molecule has 0 bridgehead atoms. The van der Waals surface area contributed by atoms with Crippen LogP contribution in [-0.2, 0) is 23.7 Å². The molecule has 0 aromatic heterocycles. The normalized spacial score (nSPS) is 24.1. The first-order chi connectivity index (χ1) is 14.6. The fourth-order valence-electron chi connectivity index (χ4n) is 3.19. The molecule has 1 rings (SSSR count). The summed E-state index contributed by atoms with van der Waals surface area (Å²) in [4.78, 5) is 0. The summed E-state index contributed by atoms with van der Waals surface area (Å²) < 4.78 is 57.2. The van der Waals surface area contributed by atoms with Crippen LogP contribution in [0.15, 0.2) is 11.8 Å². The molecule has 0 spiro atoms. The van der Waals surface area contributed by atoms with Crippen LogP contribution in [-0.4, -0.2) is 57.5 Å². The van der Waals surface area contributed by atoms with Crippen molar-refractivity contribution >= 4 is 0 Å². The summed E-state index contributed by atoms with van der Waals surface area (Å²) in [7, 11) is 0. The van der Waals surface area contributed by atoms with Gasteiger partial charge >= 0.3 is 6.08 Å². The molecule has 1 aliphatic rings. The Morgan fingerprint density at radius 3 is 1.77 bits per heavy atom. The molecule has 7 heteroatoms. The van der Waals surface area contributed by atoms with E-state index in [1.807, 2.05) is 6.92 Å². The Kier molecular flexibility index (Phi) is 15.3. The van der Waals surface area contributed by atoms with E-state index in [-0.39, 0.29) is 6.61 Å². The molecular weight excluding hydrogens is 394 g/mol. The van der Waals surface area contributed by atoms with Gasteiger partial charge in [-0.2, -0.15) is 8.78 Å². The molecule has 1 heterocycles. The van der Waals surface area contributed by atoms with Gasteiger partial charge in [0.1, 0.15) is 18.3 Å². The van der Waals surface area contributed by atoms with Crippen molar-refractivity contribution in [2.24, 2.45) is 0 Å². The number of rotatable bonds is 17. The van der Waals surface area contributed by atoms with Crippen LogP contribution >= 0.6 is 0 Å². The first kappa shape index (κ1) is 27.3. The molecule has 178 valence electrons. The van der Waals surface area contributed by atoms with E-state index >= 15 is 0 Å². The fraction of sp³-hybridized carbons (Fsp3) is 0.913. The maximum Gasteiger partial charge on any atom is 0.310 e. The van der Waals surface area contributed by atoms with E-state index < -0.39 is 36.3 Å². The monoisotopic (exact) mass is 436 g/mol. The van der Waals surface area contributed by atoms with Gasteiger partial charge in [0.25, 0.3) is 0 Å². The second kappa shape index (κ2) is 16.9. The molecule has 1 saturated heterocycles. The van der Waals surface area contributed by atoms with Gasteiger partial charge in [0.05, 0.1) is 6.61 Å². The van der Waals surface area contributed by atoms with E-state index in [0.717, 1.165) is 51.4 Å². The summed E-state index contributed by atoms with van der Waals surface area (Å²) in [5.74, 6) is -0.438. The zero-order chi connectivity index (χ0) is 22.2. The van der Waals surface area contributed by atoms with Crippen LogP contribution in [0.4, 0.5) is 8.78 Å². The highest BCUT2D eigenvalue weighted by atomic mass is 19.3. The lowest BCUT2D eigenvalue weighted by Gasteiger charge is -2.43. The summed E-state index contributed by atoms with van der Waals surface area (Å²) >= 11 is 0. The Morgan fingerprint density at radius 2 is 1.23 bits per heavy atom. The average Bonchev–Trinajstić information content (AvgIpc) is 2.73. The minimum Gasteiger partial charge on any atom is -0.481 e. The van der Waals surface area contributed by atoms with Crippen LogP contribution in [0.5, 0.6) is 0 Å². The molecule has 0 aromatic rings. The standard InChI is InChI=1S/C23H42F2O5/c1-5-9-13-26-17-18-19(27-14-10-6-2)20(28-15-11-7-3)21(29-16-12-8-4)22(30-18)23(24)25/h18-21H,5-17H2,1-4H3/t18-,19+,20+,21-/m1/s1. The highest BCUT2D eigenvalue weighted by molar-refractivity contribution is 5.12. The van der Waals surface area contributed by atoms with Crippen molar-refractivity contribution < 1.29 is 32.5 Å². The van der Waals surface area contributed by atoms with Gasteiger partial charge in [-0.15, -0.1) is 0 Å². The second-order valence-corrected chi connectivity index (χ2v) is 7.73. The Morgan fingerprint density at radius 1 is 0.733 bits per heavy atom. The Balaban J connectivity index is 3.07. The lowest BCUT2D eigenvalue weighted by atomic mass is 9.97. The van der Waals surface area contributed by atoms with E-state index in [2.05, 4.69) is 20.8 Å².